The summed E-state index contributed by atoms with van der Waals surface area (Å²) in [5, 5.41) is 0. The van der Waals surface area contributed by atoms with Crippen LogP contribution in [0.1, 0.15) is 44.9 Å². The highest BCUT2D eigenvalue weighted by Gasteiger charge is 2.51. The van der Waals surface area contributed by atoms with E-state index in [0.717, 1.165) is 37.3 Å². The van der Waals surface area contributed by atoms with Gasteiger partial charge in [-0.05, 0) is 69.2 Å². The van der Waals surface area contributed by atoms with Gasteiger partial charge < -0.3 is 10.5 Å². The summed E-state index contributed by atoms with van der Waals surface area (Å²) in [5.74, 6) is 2.98. The monoisotopic (exact) mass is 209 g/mol. The molecule has 0 aliphatic heterocycles. The molecule has 15 heavy (non-hydrogen) atoms. The zero-order valence-electron chi connectivity index (χ0n) is 9.58. The molecule has 0 atom stereocenters. The van der Waals surface area contributed by atoms with Crippen LogP contribution in [0.25, 0.3) is 0 Å². The average Bonchev–Trinajstić information content (AvgIpc) is 2.15. The molecule has 0 radical (unpaired) electrons. The van der Waals surface area contributed by atoms with Crippen LogP contribution in [0.15, 0.2) is 0 Å². The highest BCUT2D eigenvalue weighted by molar-refractivity contribution is 5.03. The first-order valence-electron chi connectivity index (χ1n) is 6.64. The molecule has 2 heteroatoms. The van der Waals surface area contributed by atoms with Crippen LogP contribution in [0.3, 0.4) is 0 Å². The zero-order valence-corrected chi connectivity index (χ0v) is 9.58. The van der Waals surface area contributed by atoms with Crippen LogP contribution in [0.5, 0.6) is 0 Å². The summed E-state index contributed by atoms with van der Waals surface area (Å²) in [6.45, 7) is 1.66. The van der Waals surface area contributed by atoms with Crippen molar-refractivity contribution in [1.29, 1.82) is 0 Å². The molecule has 4 saturated carbocycles. The summed E-state index contributed by atoms with van der Waals surface area (Å²) in [6.07, 6.45) is 9.58. The van der Waals surface area contributed by atoms with Crippen molar-refractivity contribution in [2.24, 2.45) is 23.5 Å². The fourth-order valence-electron chi connectivity index (χ4n) is 4.58. The Kier molecular flexibility index (Phi) is 2.52. The normalized spacial score (nSPS) is 47.4. The minimum atomic E-state index is 0.296. The van der Waals surface area contributed by atoms with Gasteiger partial charge in [0.2, 0.25) is 0 Å². The lowest BCUT2D eigenvalue weighted by molar-refractivity contribution is -0.162. The lowest BCUT2D eigenvalue weighted by Crippen LogP contribution is -2.52. The topological polar surface area (TPSA) is 35.2 Å². The Hall–Kier alpha value is -0.0800. The fourth-order valence-corrected chi connectivity index (χ4v) is 4.58. The molecule has 0 unspecified atom stereocenters. The van der Waals surface area contributed by atoms with E-state index in [0.29, 0.717) is 5.60 Å². The molecular formula is C13H23NO. The van der Waals surface area contributed by atoms with E-state index in [1.54, 1.807) is 0 Å². The van der Waals surface area contributed by atoms with E-state index in [4.69, 9.17) is 10.5 Å². The molecule has 2 nitrogen and oxygen atoms in total. The molecule has 0 spiro atoms. The van der Waals surface area contributed by atoms with Gasteiger partial charge in [0.1, 0.15) is 0 Å². The first-order chi connectivity index (χ1) is 7.30. The maximum absolute atomic E-state index is 6.20. The van der Waals surface area contributed by atoms with Gasteiger partial charge in [-0.25, -0.2) is 0 Å². The highest BCUT2D eigenvalue weighted by atomic mass is 16.5. The Morgan fingerprint density at radius 2 is 1.53 bits per heavy atom. The number of hydrogen-bond acceptors (Lipinski definition) is 2. The third-order valence-corrected chi connectivity index (χ3v) is 4.74. The first kappa shape index (κ1) is 10.1. The van der Waals surface area contributed by atoms with E-state index in [9.17, 15) is 0 Å². The van der Waals surface area contributed by atoms with E-state index in [1.165, 1.54) is 38.5 Å². The van der Waals surface area contributed by atoms with Gasteiger partial charge in [-0.1, -0.05) is 0 Å². The molecule has 4 rings (SSSR count). The summed E-state index contributed by atoms with van der Waals surface area (Å²) in [6, 6.07) is 0. The Bertz CT molecular complexity index is 203. The number of rotatable bonds is 4. The van der Waals surface area contributed by atoms with E-state index in [2.05, 4.69) is 0 Å². The smallest absolute Gasteiger partial charge is 0.0690 e. The van der Waals surface area contributed by atoms with Gasteiger partial charge in [-0.15, -0.1) is 0 Å². The van der Waals surface area contributed by atoms with Crippen molar-refractivity contribution in [2.45, 2.75) is 50.5 Å². The Morgan fingerprint density at radius 3 is 2.00 bits per heavy atom. The maximum Gasteiger partial charge on any atom is 0.0690 e. The van der Waals surface area contributed by atoms with Crippen molar-refractivity contribution >= 4 is 0 Å². The van der Waals surface area contributed by atoms with Crippen molar-refractivity contribution in [3.05, 3.63) is 0 Å². The lowest BCUT2D eigenvalue weighted by Gasteiger charge is -2.56. The fraction of sp³-hybridized carbons (Fsp3) is 1.00. The van der Waals surface area contributed by atoms with Gasteiger partial charge in [-0.3, -0.25) is 0 Å². The number of ether oxygens (including phenoxy) is 1. The molecule has 4 aliphatic carbocycles. The molecular weight excluding hydrogens is 186 g/mol. The van der Waals surface area contributed by atoms with Crippen LogP contribution < -0.4 is 5.73 Å². The van der Waals surface area contributed by atoms with Crippen molar-refractivity contribution in [3.63, 3.8) is 0 Å². The van der Waals surface area contributed by atoms with Gasteiger partial charge in [0.25, 0.3) is 0 Å². The third kappa shape index (κ3) is 1.83. The quantitative estimate of drug-likeness (QED) is 0.721. The molecule has 0 saturated heterocycles. The minimum absolute atomic E-state index is 0.296. The van der Waals surface area contributed by atoms with Crippen molar-refractivity contribution < 1.29 is 4.74 Å². The van der Waals surface area contributed by atoms with Crippen LogP contribution in [0.2, 0.25) is 0 Å². The molecule has 2 N–H and O–H groups in total. The Balaban J connectivity index is 1.65. The number of nitrogens with two attached hydrogens (primary N) is 1. The minimum Gasteiger partial charge on any atom is -0.375 e. The molecule has 0 aromatic rings. The second kappa shape index (κ2) is 3.74. The van der Waals surface area contributed by atoms with E-state index in [1.807, 2.05) is 0 Å². The summed E-state index contributed by atoms with van der Waals surface area (Å²) in [4.78, 5) is 0. The largest absolute Gasteiger partial charge is 0.375 e. The molecule has 0 aromatic heterocycles. The van der Waals surface area contributed by atoms with Gasteiger partial charge >= 0.3 is 0 Å². The van der Waals surface area contributed by atoms with E-state index >= 15 is 0 Å². The molecule has 4 aliphatic rings. The second-order valence-electron chi connectivity index (χ2n) is 6.09. The van der Waals surface area contributed by atoms with E-state index < -0.39 is 0 Å². The van der Waals surface area contributed by atoms with Crippen LogP contribution in [-0.2, 0) is 4.74 Å². The molecule has 0 aromatic carbocycles. The highest BCUT2D eigenvalue weighted by Crippen LogP contribution is 2.57. The molecule has 0 amide bonds. The molecule has 0 heterocycles. The lowest BCUT2D eigenvalue weighted by atomic mass is 9.54. The Morgan fingerprint density at radius 1 is 1.00 bits per heavy atom. The van der Waals surface area contributed by atoms with Gasteiger partial charge in [0, 0.05) is 6.61 Å². The molecule has 86 valence electrons. The molecule has 4 bridgehead atoms. The van der Waals surface area contributed by atoms with E-state index in [-0.39, 0.29) is 0 Å². The summed E-state index contributed by atoms with van der Waals surface area (Å²) >= 11 is 0. The molecule has 4 fully saturated rings. The van der Waals surface area contributed by atoms with Crippen molar-refractivity contribution in [3.8, 4) is 0 Å². The average molecular weight is 209 g/mol. The SMILES string of the molecule is NCCCOC12CC3CC(CC(C3)C1)C2. The summed E-state index contributed by atoms with van der Waals surface area (Å²) in [5.41, 5.74) is 5.82. The predicted octanol–water partition coefficient (Wildman–Crippen LogP) is 2.32. The second-order valence-corrected chi connectivity index (χ2v) is 6.09. The zero-order chi connectivity index (χ0) is 10.3. The summed E-state index contributed by atoms with van der Waals surface area (Å²) < 4.78 is 6.20. The van der Waals surface area contributed by atoms with Gasteiger partial charge in [0.15, 0.2) is 0 Å². The first-order valence-corrected chi connectivity index (χ1v) is 6.64. The Labute approximate surface area is 92.6 Å². The van der Waals surface area contributed by atoms with Gasteiger partial charge in [0.05, 0.1) is 5.60 Å². The maximum atomic E-state index is 6.20. The predicted molar refractivity (Wildman–Crippen MR) is 60.5 cm³/mol. The standard InChI is InChI=1S/C13H23NO/c14-2-1-3-15-13-7-10-4-11(8-13)6-12(5-10)9-13/h10-12H,1-9,14H2. The number of hydrogen-bond donors (Lipinski definition) is 1. The van der Waals surface area contributed by atoms with Crippen molar-refractivity contribution in [2.75, 3.05) is 13.2 Å². The van der Waals surface area contributed by atoms with Crippen LogP contribution in [0, 0.1) is 17.8 Å². The van der Waals surface area contributed by atoms with Gasteiger partial charge in [-0.2, -0.15) is 0 Å². The summed E-state index contributed by atoms with van der Waals surface area (Å²) in [7, 11) is 0. The van der Waals surface area contributed by atoms with Crippen LogP contribution in [0.4, 0.5) is 0 Å². The third-order valence-electron chi connectivity index (χ3n) is 4.74. The van der Waals surface area contributed by atoms with Crippen LogP contribution >= 0.6 is 0 Å². The van der Waals surface area contributed by atoms with Crippen molar-refractivity contribution in [1.82, 2.24) is 0 Å². The van der Waals surface area contributed by atoms with Crippen LogP contribution in [-0.4, -0.2) is 18.8 Å².